The first-order valence-electron chi connectivity index (χ1n) is 5.52. The second-order valence-electron chi connectivity index (χ2n) is 3.75. The van der Waals surface area contributed by atoms with E-state index in [0.717, 1.165) is 29.5 Å². The minimum atomic E-state index is 0.528. The minimum absolute atomic E-state index is 0.528. The van der Waals surface area contributed by atoms with Crippen LogP contribution < -0.4 is 10.5 Å². The van der Waals surface area contributed by atoms with Gasteiger partial charge in [0.05, 0.1) is 12.1 Å². The molecule has 0 amide bonds. The van der Waals surface area contributed by atoms with Crippen molar-refractivity contribution >= 4 is 16.7 Å². The third kappa shape index (κ3) is 2.88. The number of benzene rings is 1. The van der Waals surface area contributed by atoms with Crippen molar-refractivity contribution < 1.29 is 4.74 Å². The quantitative estimate of drug-likeness (QED) is 0.644. The van der Waals surface area contributed by atoms with Crippen molar-refractivity contribution in [2.75, 3.05) is 12.3 Å². The van der Waals surface area contributed by atoms with E-state index >= 15 is 0 Å². The molecule has 0 aliphatic rings. The number of unbranched alkanes of at least 4 members (excludes halogenated alkanes) is 1. The number of pyridine rings is 1. The van der Waals surface area contributed by atoms with Crippen molar-refractivity contribution in [2.24, 2.45) is 0 Å². The van der Waals surface area contributed by atoms with Crippen LogP contribution in [0.2, 0.25) is 0 Å². The molecule has 1 aromatic heterocycles. The Morgan fingerprint density at radius 1 is 1.29 bits per heavy atom. The van der Waals surface area contributed by atoms with E-state index in [4.69, 9.17) is 16.9 Å². The largest absolute Gasteiger partial charge is 0.494 e. The maximum absolute atomic E-state index is 5.61. The summed E-state index contributed by atoms with van der Waals surface area (Å²) in [5.41, 5.74) is 6.49. The molecule has 86 valence electrons. The zero-order chi connectivity index (χ0) is 12.1. The number of rotatable bonds is 4. The lowest BCUT2D eigenvalue weighted by Gasteiger charge is -2.06. The first-order valence-corrected chi connectivity index (χ1v) is 5.52. The molecule has 1 heterocycles. The molecule has 0 aliphatic carbocycles. The van der Waals surface area contributed by atoms with Gasteiger partial charge < -0.3 is 10.5 Å². The van der Waals surface area contributed by atoms with Gasteiger partial charge in [-0.2, -0.15) is 0 Å². The molecule has 0 saturated heterocycles. The SMILES string of the molecule is C#CCCCOc1ccc2nc(N)ccc2c1. The molecule has 0 atom stereocenters. The van der Waals surface area contributed by atoms with Crippen LogP contribution in [-0.2, 0) is 0 Å². The zero-order valence-electron chi connectivity index (χ0n) is 9.52. The van der Waals surface area contributed by atoms with Crippen LogP contribution in [-0.4, -0.2) is 11.6 Å². The van der Waals surface area contributed by atoms with Gasteiger partial charge in [0.15, 0.2) is 0 Å². The molecule has 0 unspecified atom stereocenters. The summed E-state index contributed by atoms with van der Waals surface area (Å²) in [7, 11) is 0. The number of anilines is 1. The second kappa shape index (κ2) is 5.22. The molecule has 17 heavy (non-hydrogen) atoms. The van der Waals surface area contributed by atoms with Gasteiger partial charge in [0.1, 0.15) is 11.6 Å². The molecule has 3 heteroatoms. The van der Waals surface area contributed by atoms with Gasteiger partial charge in [-0.1, -0.05) is 0 Å². The third-order valence-corrected chi connectivity index (χ3v) is 2.42. The molecule has 0 saturated carbocycles. The maximum atomic E-state index is 5.61. The van der Waals surface area contributed by atoms with Crippen LogP contribution >= 0.6 is 0 Å². The number of ether oxygens (including phenoxy) is 1. The van der Waals surface area contributed by atoms with Gasteiger partial charge in [0.25, 0.3) is 0 Å². The molecular weight excluding hydrogens is 212 g/mol. The number of nitrogens with two attached hydrogens (primary N) is 1. The van der Waals surface area contributed by atoms with Gasteiger partial charge in [0, 0.05) is 11.8 Å². The minimum Gasteiger partial charge on any atom is -0.494 e. The average molecular weight is 226 g/mol. The molecule has 1 aromatic carbocycles. The van der Waals surface area contributed by atoms with Crippen LogP contribution in [0.4, 0.5) is 5.82 Å². The van der Waals surface area contributed by atoms with E-state index in [2.05, 4.69) is 10.9 Å². The van der Waals surface area contributed by atoms with Crippen molar-refractivity contribution in [1.29, 1.82) is 0 Å². The highest BCUT2D eigenvalue weighted by Crippen LogP contribution is 2.20. The Morgan fingerprint density at radius 2 is 2.18 bits per heavy atom. The van der Waals surface area contributed by atoms with Crippen molar-refractivity contribution in [1.82, 2.24) is 4.98 Å². The van der Waals surface area contributed by atoms with Gasteiger partial charge in [-0.3, -0.25) is 0 Å². The van der Waals surface area contributed by atoms with Crippen LogP contribution in [0.1, 0.15) is 12.8 Å². The number of terminal acetylenes is 1. The van der Waals surface area contributed by atoms with E-state index in [0.29, 0.717) is 12.4 Å². The monoisotopic (exact) mass is 226 g/mol. The number of hydrogen-bond acceptors (Lipinski definition) is 3. The van der Waals surface area contributed by atoms with Gasteiger partial charge in [-0.05, 0) is 36.8 Å². The van der Waals surface area contributed by atoms with Crippen LogP contribution in [0.5, 0.6) is 5.75 Å². The standard InChI is InChI=1S/C14H14N2O/c1-2-3-4-9-17-12-6-7-13-11(10-12)5-8-14(15)16-13/h1,5-8,10H,3-4,9H2,(H2,15,16). The number of aromatic nitrogens is 1. The average Bonchev–Trinajstić information content (AvgIpc) is 2.35. The highest BCUT2D eigenvalue weighted by atomic mass is 16.5. The molecule has 0 aliphatic heterocycles. The smallest absolute Gasteiger partial charge is 0.124 e. The fourth-order valence-electron chi connectivity index (χ4n) is 1.57. The number of hydrogen-bond donors (Lipinski definition) is 1. The second-order valence-corrected chi connectivity index (χ2v) is 3.75. The lowest BCUT2D eigenvalue weighted by molar-refractivity contribution is 0.313. The lowest BCUT2D eigenvalue weighted by Crippen LogP contribution is -1.97. The Balaban J connectivity index is 2.10. The van der Waals surface area contributed by atoms with Crippen molar-refractivity contribution in [2.45, 2.75) is 12.8 Å². The number of fused-ring (bicyclic) bond motifs is 1. The number of nitrogen functional groups attached to an aromatic ring is 1. The summed E-state index contributed by atoms with van der Waals surface area (Å²) in [4.78, 5) is 4.22. The molecule has 2 rings (SSSR count). The van der Waals surface area contributed by atoms with E-state index in [1.165, 1.54) is 0 Å². The Labute approximate surface area is 101 Å². The summed E-state index contributed by atoms with van der Waals surface area (Å²) >= 11 is 0. The van der Waals surface area contributed by atoms with Gasteiger partial charge in [-0.15, -0.1) is 12.3 Å². The summed E-state index contributed by atoms with van der Waals surface area (Å²) < 4.78 is 5.59. The molecule has 3 nitrogen and oxygen atoms in total. The van der Waals surface area contributed by atoms with E-state index in [1.54, 1.807) is 6.07 Å². The van der Waals surface area contributed by atoms with E-state index in [1.807, 2.05) is 24.3 Å². The molecule has 2 aromatic rings. The maximum Gasteiger partial charge on any atom is 0.124 e. The Bertz CT molecular complexity index is 558. The zero-order valence-corrected chi connectivity index (χ0v) is 9.52. The Kier molecular flexibility index (Phi) is 3.46. The first kappa shape index (κ1) is 11.3. The topological polar surface area (TPSA) is 48.1 Å². The normalized spacial score (nSPS) is 10.1. The van der Waals surface area contributed by atoms with E-state index in [-0.39, 0.29) is 0 Å². The lowest BCUT2D eigenvalue weighted by atomic mass is 10.2. The Hall–Kier alpha value is -2.21. The van der Waals surface area contributed by atoms with Gasteiger partial charge in [-0.25, -0.2) is 4.98 Å². The summed E-state index contributed by atoms with van der Waals surface area (Å²) in [6, 6.07) is 9.47. The molecule has 0 fully saturated rings. The summed E-state index contributed by atoms with van der Waals surface area (Å²) in [5, 5.41) is 1.02. The number of nitrogens with zero attached hydrogens (tertiary/aromatic N) is 1. The summed E-state index contributed by atoms with van der Waals surface area (Å²) in [6.07, 6.45) is 6.78. The van der Waals surface area contributed by atoms with Crippen molar-refractivity contribution in [3.63, 3.8) is 0 Å². The van der Waals surface area contributed by atoms with Crippen molar-refractivity contribution in [3.05, 3.63) is 30.3 Å². The molecule has 0 bridgehead atoms. The predicted molar refractivity (Wildman–Crippen MR) is 69.7 cm³/mol. The van der Waals surface area contributed by atoms with Crippen LogP contribution in [0.15, 0.2) is 30.3 Å². The van der Waals surface area contributed by atoms with Gasteiger partial charge in [0.2, 0.25) is 0 Å². The summed E-state index contributed by atoms with van der Waals surface area (Å²) in [5.74, 6) is 3.95. The predicted octanol–water partition coefficient (Wildman–Crippen LogP) is 2.61. The van der Waals surface area contributed by atoms with Crippen molar-refractivity contribution in [3.8, 4) is 18.1 Å². The molecule has 2 N–H and O–H groups in total. The van der Waals surface area contributed by atoms with Crippen LogP contribution in [0.25, 0.3) is 10.9 Å². The highest BCUT2D eigenvalue weighted by molar-refractivity contribution is 5.81. The van der Waals surface area contributed by atoms with Gasteiger partial charge >= 0.3 is 0 Å². The molecule has 0 radical (unpaired) electrons. The summed E-state index contributed by atoms with van der Waals surface area (Å²) in [6.45, 7) is 0.637. The van der Waals surface area contributed by atoms with Crippen LogP contribution in [0, 0.1) is 12.3 Å². The molecule has 0 spiro atoms. The van der Waals surface area contributed by atoms with E-state index in [9.17, 15) is 0 Å². The molecular formula is C14H14N2O. The highest BCUT2D eigenvalue weighted by Gasteiger charge is 1.99. The Morgan fingerprint density at radius 3 is 3.00 bits per heavy atom. The van der Waals surface area contributed by atoms with E-state index < -0.39 is 0 Å². The fraction of sp³-hybridized carbons (Fsp3) is 0.214. The first-order chi connectivity index (χ1) is 8.29. The fourth-order valence-corrected chi connectivity index (χ4v) is 1.57. The third-order valence-electron chi connectivity index (χ3n) is 2.42. The van der Waals surface area contributed by atoms with Crippen LogP contribution in [0.3, 0.4) is 0 Å².